The molecule has 7 nitrogen and oxygen atoms in total. The molecular weight excluding hydrogens is 450 g/mol. The zero-order valence-electron chi connectivity index (χ0n) is 19.8. The second kappa shape index (κ2) is 9.74. The van der Waals surface area contributed by atoms with E-state index in [1.807, 2.05) is 43.5 Å². The lowest BCUT2D eigenvalue weighted by atomic mass is 10.0. The molecule has 0 amide bonds. The van der Waals surface area contributed by atoms with Crippen LogP contribution in [0.2, 0.25) is 0 Å². The topological polar surface area (TPSA) is 94.6 Å². The van der Waals surface area contributed by atoms with E-state index < -0.39 is 10.0 Å². The van der Waals surface area contributed by atoms with Crippen molar-refractivity contribution in [1.82, 2.24) is 9.47 Å². The quantitative estimate of drug-likeness (QED) is 0.488. The van der Waals surface area contributed by atoms with Gasteiger partial charge >= 0.3 is 0 Å². The molecule has 2 heterocycles. The van der Waals surface area contributed by atoms with Gasteiger partial charge in [0.05, 0.1) is 18.0 Å². The number of hydrogen-bond donors (Lipinski definition) is 1. The minimum absolute atomic E-state index is 0.0596. The molecule has 3 aromatic rings. The van der Waals surface area contributed by atoms with E-state index in [1.165, 1.54) is 17.7 Å². The number of hydrogen-bond acceptors (Lipinski definition) is 5. The molecule has 0 radical (unpaired) electrons. The Morgan fingerprint density at radius 1 is 1.09 bits per heavy atom. The Hall–Kier alpha value is -2.94. The number of primary sulfonamides is 1. The summed E-state index contributed by atoms with van der Waals surface area (Å²) in [4.78, 5) is 15.7. The molecular formula is C26H31N3O4S. The predicted molar refractivity (Wildman–Crippen MR) is 132 cm³/mol. The number of carbonyl (C=O) groups is 1. The number of ether oxygens (including phenoxy) is 1. The van der Waals surface area contributed by atoms with E-state index in [1.54, 1.807) is 12.1 Å². The summed E-state index contributed by atoms with van der Waals surface area (Å²) in [7, 11) is -3.75. The SMILES string of the molecule is CCOc1ccc(C2CCCN2CC(=O)c2cc(C)n(-c3ccc(S(N)(=O)=O)cc3)c2C)cc1. The Bertz CT molecular complexity index is 1280. The molecule has 4 rings (SSSR count). The molecule has 1 aliphatic heterocycles. The van der Waals surface area contributed by atoms with E-state index in [0.717, 1.165) is 42.2 Å². The number of nitrogens with zero attached hydrogens (tertiary/aromatic N) is 2. The lowest BCUT2D eigenvalue weighted by Gasteiger charge is -2.24. The van der Waals surface area contributed by atoms with Crippen molar-refractivity contribution in [1.29, 1.82) is 0 Å². The first kappa shape index (κ1) is 24.2. The van der Waals surface area contributed by atoms with Crippen LogP contribution >= 0.6 is 0 Å². The van der Waals surface area contributed by atoms with Crippen LogP contribution in [0.15, 0.2) is 59.5 Å². The third kappa shape index (κ3) is 4.94. The van der Waals surface area contributed by atoms with Crippen LogP contribution in [0.1, 0.15) is 53.1 Å². The molecule has 1 saturated heterocycles. The maximum absolute atomic E-state index is 13.3. The Labute approximate surface area is 201 Å². The zero-order chi connectivity index (χ0) is 24.5. The normalized spacial score (nSPS) is 16.6. The van der Waals surface area contributed by atoms with Crippen LogP contribution in [0.4, 0.5) is 0 Å². The number of benzene rings is 2. The van der Waals surface area contributed by atoms with Crippen LogP contribution < -0.4 is 9.88 Å². The molecule has 34 heavy (non-hydrogen) atoms. The van der Waals surface area contributed by atoms with Gasteiger partial charge in [0.25, 0.3) is 0 Å². The zero-order valence-corrected chi connectivity index (χ0v) is 20.6. The molecule has 1 aromatic heterocycles. The average Bonchev–Trinajstić information content (AvgIpc) is 3.37. The Kier molecular flexibility index (Phi) is 6.93. The van der Waals surface area contributed by atoms with Crippen LogP contribution in [0, 0.1) is 13.8 Å². The van der Waals surface area contributed by atoms with Gasteiger partial charge in [-0.15, -0.1) is 0 Å². The number of Topliss-reactive ketones (excluding diaryl/α,β-unsaturated/α-hetero) is 1. The van der Waals surface area contributed by atoms with Gasteiger partial charge < -0.3 is 9.30 Å². The molecule has 0 bridgehead atoms. The van der Waals surface area contributed by atoms with Gasteiger partial charge in [0.1, 0.15) is 5.75 Å². The molecule has 1 fully saturated rings. The lowest BCUT2D eigenvalue weighted by Crippen LogP contribution is -2.29. The largest absolute Gasteiger partial charge is 0.494 e. The number of ketones is 1. The summed E-state index contributed by atoms with van der Waals surface area (Å²) in [6.07, 6.45) is 2.08. The Morgan fingerprint density at radius 2 is 1.76 bits per heavy atom. The van der Waals surface area contributed by atoms with E-state index >= 15 is 0 Å². The van der Waals surface area contributed by atoms with Crippen LogP contribution in [0.25, 0.3) is 5.69 Å². The minimum atomic E-state index is -3.75. The summed E-state index contributed by atoms with van der Waals surface area (Å²) >= 11 is 0. The fraction of sp³-hybridized carbons (Fsp3) is 0.346. The molecule has 8 heteroatoms. The smallest absolute Gasteiger partial charge is 0.238 e. The highest BCUT2D eigenvalue weighted by atomic mass is 32.2. The van der Waals surface area contributed by atoms with Crippen molar-refractivity contribution < 1.29 is 17.9 Å². The second-order valence-corrected chi connectivity index (χ2v) is 10.3. The van der Waals surface area contributed by atoms with E-state index in [9.17, 15) is 13.2 Å². The average molecular weight is 482 g/mol. The highest BCUT2D eigenvalue weighted by Gasteiger charge is 2.29. The van der Waals surface area contributed by atoms with Crippen molar-refractivity contribution in [3.05, 3.63) is 77.1 Å². The van der Waals surface area contributed by atoms with Crippen LogP contribution in [-0.4, -0.2) is 43.4 Å². The van der Waals surface area contributed by atoms with E-state index in [-0.39, 0.29) is 16.7 Å². The number of rotatable bonds is 8. The van der Waals surface area contributed by atoms with Crippen molar-refractivity contribution in [3.63, 3.8) is 0 Å². The van der Waals surface area contributed by atoms with Crippen LogP contribution in [0.5, 0.6) is 5.75 Å². The van der Waals surface area contributed by atoms with Crippen molar-refractivity contribution in [2.24, 2.45) is 5.14 Å². The van der Waals surface area contributed by atoms with Crippen molar-refractivity contribution >= 4 is 15.8 Å². The van der Waals surface area contributed by atoms with Gasteiger partial charge in [0, 0.05) is 28.7 Å². The first-order valence-electron chi connectivity index (χ1n) is 11.5. The first-order chi connectivity index (χ1) is 16.2. The fourth-order valence-corrected chi connectivity index (χ4v) is 5.36. The summed E-state index contributed by atoms with van der Waals surface area (Å²) in [6.45, 7) is 7.70. The van der Waals surface area contributed by atoms with Gasteiger partial charge in [-0.05, 0) is 88.2 Å². The lowest BCUT2D eigenvalue weighted by molar-refractivity contribution is 0.0921. The molecule has 0 saturated carbocycles. The van der Waals surface area contributed by atoms with Gasteiger partial charge in [-0.2, -0.15) is 0 Å². The van der Waals surface area contributed by atoms with Gasteiger partial charge in [0.2, 0.25) is 10.0 Å². The molecule has 180 valence electrons. The van der Waals surface area contributed by atoms with Gasteiger partial charge in [-0.25, -0.2) is 13.6 Å². The van der Waals surface area contributed by atoms with E-state index in [4.69, 9.17) is 9.88 Å². The summed E-state index contributed by atoms with van der Waals surface area (Å²) in [6, 6.07) is 16.7. The van der Waals surface area contributed by atoms with Crippen molar-refractivity contribution in [2.45, 2.75) is 44.6 Å². The monoisotopic (exact) mass is 481 g/mol. The molecule has 1 atom stereocenters. The molecule has 2 aromatic carbocycles. The number of aryl methyl sites for hydroxylation is 1. The Morgan fingerprint density at radius 3 is 2.38 bits per heavy atom. The molecule has 0 spiro atoms. The second-order valence-electron chi connectivity index (χ2n) is 8.71. The van der Waals surface area contributed by atoms with E-state index in [2.05, 4.69) is 17.0 Å². The first-order valence-corrected chi connectivity index (χ1v) is 13.1. The van der Waals surface area contributed by atoms with Gasteiger partial charge in [-0.3, -0.25) is 9.69 Å². The van der Waals surface area contributed by atoms with Crippen LogP contribution in [0.3, 0.4) is 0 Å². The Balaban J connectivity index is 1.53. The van der Waals surface area contributed by atoms with Crippen LogP contribution in [-0.2, 0) is 10.0 Å². The highest BCUT2D eigenvalue weighted by Crippen LogP contribution is 2.33. The number of nitrogens with two attached hydrogens (primary N) is 1. The van der Waals surface area contributed by atoms with Crippen molar-refractivity contribution in [3.8, 4) is 11.4 Å². The third-order valence-corrected chi connectivity index (χ3v) is 7.37. The molecule has 0 aliphatic carbocycles. The maximum Gasteiger partial charge on any atom is 0.238 e. The predicted octanol–water partition coefficient (Wildman–Crippen LogP) is 4.16. The standard InChI is InChI=1S/C26H31N3O4S/c1-4-33-22-11-7-20(8-12-22)25-6-5-15-28(25)17-26(30)24-16-18(2)29(19(24)3)21-9-13-23(14-10-21)34(27,31)32/h7-14,16,25H,4-6,15,17H2,1-3H3,(H2,27,31,32). The summed E-state index contributed by atoms with van der Waals surface area (Å²) < 4.78 is 30.6. The third-order valence-electron chi connectivity index (χ3n) is 6.44. The molecule has 1 unspecified atom stereocenters. The fourth-order valence-electron chi connectivity index (χ4n) is 4.84. The number of likely N-dealkylation sites (tertiary alicyclic amines) is 1. The summed E-state index contributed by atoms with van der Waals surface area (Å²) in [5, 5.41) is 5.21. The summed E-state index contributed by atoms with van der Waals surface area (Å²) in [5.41, 5.74) is 4.42. The maximum atomic E-state index is 13.3. The number of sulfonamides is 1. The number of aromatic nitrogens is 1. The minimum Gasteiger partial charge on any atom is -0.494 e. The number of carbonyl (C=O) groups excluding carboxylic acids is 1. The van der Waals surface area contributed by atoms with Crippen molar-refractivity contribution in [2.75, 3.05) is 19.7 Å². The van der Waals surface area contributed by atoms with Gasteiger partial charge in [-0.1, -0.05) is 12.1 Å². The highest BCUT2D eigenvalue weighted by molar-refractivity contribution is 7.89. The van der Waals surface area contributed by atoms with Gasteiger partial charge in [0.15, 0.2) is 5.78 Å². The molecule has 1 aliphatic rings. The molecule has 2 N–H and O–H groups in total. The summed E-state index contributed by atoms with van der Waals surface area (Å²) in [5.74, 6) is 0.940. The van der Waals surface area contributed by atoms with E-state index in [0.29, 0.717) is 18.7 Å².